The highest BCUT2D eigenvalue weighted by atomic mass is 32.2. The van der Waals surface area contributed by atoms with E-state index in [1.54, 1.807) is 0 Å². The van der Waals surface area contributed by atoms with Crippen LogP contribution in [-0.4, -0.2) is 35.6 Å². The van der Waals surface area contributed by atoms with Gasteiger partial charge in [-0.25, -0.2) is 9.78 Å². The molecule has 1 aromatic carbocycles. The number of pyridine rings is 1. The summed E-state index contributed by atoms with van der Waals surface area (Å²) in [7, 11) is 0. The monoisotopic (exact) mass is 342 g/mol. The fourth-order valence-electron chi connectivity index (χ4n) is 2.53. The summed E-state index contributed by atoms with van der Waals surface area (Å²) < 4.78 is 0. The molecule has 1 saturated heterocycles. The van der Waals surface area contributed by atoms with E-state index >= 15 is 0 Å². The van der Waals surface area contributed by atoms with Gasteiger partial charge in [0.15, 0.2) is 0 Å². The maximum absolute atomic E-state index is 12.0. The van der Waals surface area contributed by atoms with E-state index in [-0.39, 0.29) is 6.03 Å². The molecule has 2 heterocycles. The van der Waals surface area contributed by atoms with Crippen LogP contribution in [0, 0.1) is 6.92 Å². The lowest BCUT2D eigenvalue weighted by Crippen LogP contribution is -2.33. The first-order valence-corrected chi connectivity index (χ1v) is 9.25. The third kappa shape index (κ3) is 4.64. The number of anilines is 2. The standard InChI is InChI=1S/C18H22N4OS/c1-14-2-4-16(5-3-14)21-18(23)20-13-15-6-7-19-17(12-15)22-8-10-24-11-9-22/h2-7,12H,8-11,13H2,1H3,(H2,20,21,23). The number of carbonyl (C=O) groups is 1. The molecule has 2 N–H and O–H groups in total. The quantitative estimate of drug-likeness (QED) is 0.895. The Morgan fingerprint density at radius 1 is 1.21 bits per heavy atom. The van der Waals surface area contributed by atoms with Crippen LogP contribution in [0.3, 0.4) is 0 Å². The first-order chi connectivity index (χ1) is 11.7. The Labute approximate surface area is 146 Å². The number of benzene rings is 1. The van der Waals surface area contributed by atoms with Crippen LogP contribution in [0.4, 0.5) is 16.3 Å². The number of thioether (sulfide) groups is 1. The first kappa shape index (κ1) is 16.6. The van der Waals surface area contributed by atoms with Gasteiger partial charge in [0.05, 0.1) is 0 Å². The Kier molecular flexibility index (Phi) is 5.59. The van der Waals surface area contributed by atoms with Gasteiger partial charge in [-0.1, -0.05) is 17.7 Å². The summed E-state index contributed by atoms with van der Waals surface area (Å²) in [5.74, 6) is 3.28. The molecule has 1 aliphatic heterocycles. The lowest BCUT2D eigenvalue weighted by molar-refractivity contribution is 0.251. The maximum atomic E-state index is 12.0. The highest BCUT2D eigenvalue weighted by molar-refractivity contribution is 7.99. The number of rotatable bonds is 4. The van der Waals surface area contributed by atoms with Gasteiger partial charge in [0.2, 0.25) is 0 Å². The van der Waals surface area contributed by atoms with Crippen LogP contribution in [0.1, 0.15) is 11.1 Å². The zero-order chi connectivity index (χ0) is 16.8. The molecule has 24 heavy (non-hydrogen) atoms. The third-order valence-corrected chi connectivity index (χ3v) is 4.85. The fraction of sp³-hybridized carbons (Fsp3) is 0.333. The number of urea groups is 1. The molecule has 1 aliphatic rings. The van der Waals surface area contributed by atoms with E-state index in [9.17, 15) is 4.79 Å². The van der Waals surface area contributed by atoms with Crippen molar-refractivity contribution in [2.45, 2.75) is 13.5 Å². The molecule has 2 amide bonds. The van der Waals surface area contributed by atoms with Crippen molar-refractivity contribution in [3.63, 3.8) is 0 Å². The molecule has 0 atom stereocenters. The molecule has 126 valence electrons. The molecule has 5 nitrogen and oxygen atoms in total. The largest absolute Gasteiger partial charge is 0.355 e. The summed E-state index contributed by atoms with van der Waals surface area (Å²) in [6.45, 7) is 4.56. The minimum atomic E-state index is -0.202. The molecular formula is C18H22N4OS. The van der Waals surface area contributed by atoms with E-state index in [0.29, 0.717) is 6.54 Å². The average molecular weight is 342 g/mol. The Balaban J connectivity index is 1.54. The van der Waals surface area contributed by atoms with Crippen molar-refractivity contribution >= 4 is 29.3 Å². The number of carbonyl (C=O) groups excluding carboxylic acids is 1. The summed E-state index contributed by atoms with van der Waals surface area (Å²) in [4.78, 5) is 18.8. The lowest BCUT2D eigenvalue weighted by atomic mass is 10.2. The van der Waals surface area contributed by atoms with E-state index in [1.165, 1.54) is 5.56 Å². The van der Waals surface area contributed by atoms with Gasteiger partial charge >= 0.3 is 6.03 Å². The van der Waals surface area contributed by atoms with Crippen molar-refractivity contribution in [1.82, 2.24) is 10.3 Å². The number of nitrogens with one attached hydrogen (secondary N) is 2. The van der Waals surface area contributed by atoms with Gasteiger partial charge in [-0.3, -0.25) is 0 Å². The highest BCUT2D eigenvalue weighted by Gasteiger charge is 2.12. The molecule has 6 heteroatoms. The molecule has 0 aliphatic carbocycles. The van der Waals surface area contributed by atoms with E-state index in [4.69, 9.17) is 0 Å². The van der Waals surface area contributed by atoms with Gasteiger partial charge in [0, 0.05) is 43.0 Å². The summed E-state index contributed by atoms with van der Waals surface area (Å²) in [5.41, 5.74) is 3.01. The van der Waals surface area contributed by atoms with Crippen LogP contribution in [-0.2, 0) is 6.54 Å². The molecule has 0 radical (unpaired) electrons. The number of hydrogen-bond donors (Lipinski definition) is 2. The minimum Gasteiger partial charge on any atom is -0.355 e. The Morgan fingerprint density at radius 3 is 2.71 bits per heavy atom. The van der Waals surface area contributed by atoms with Crippen molar-refractivity contribution in [2.24, 2.45) is 0 Å². The zero-order valence-corrected chi connectivity index (χ0v) is 14.6. The first-order valence-electron chi connectivity index (χ1n) is 8.10. The number of aromatic nitrogens is 1. The average Bonchev–Trinajstić information content (AvgIpc) is 2.63. The smallest absolute Gasteiger partial charge is 0.319 e. The number of aryl methyl sites for hydroxylation is 1. The van der Waals surface area contributed by atoms with Gasteiger partial charge in [0.25, 0.3) is 0 Å². The molecule has 0 spiro atoms. The zero-order valence-electron chi connectivity index (χ0n) is 13.8. The highest BCUT2D eigenvalue weighted by Crippen LogP contribution is 2.18. The number of amides is 2. The second kappa shape index (κ2) is 8.06. The second-order valence-corrected chi connectivity index (χ2v) is 7.02. The molecule has 0 unspecified atom stereocenters. The van der Waals surface area contributed by atoms with Crippen molar-refractivity contribution < 1.29 is 4.79 Å². The minimum absolute atomic E-state index is 0.202. The van der Waals surface area contributed by atoms with Crippen LogP contribution in [0.25, 0.3) is 0 Å². The van der Waals surface area contributed by atoms with E-state index in [2.05, 4.69) is 26.6 Å². The molecule has 1 aromatic heterocycles. The van der Waals surface area contributed by atoms with E-state index in [1.807, 2.05) is 55.2 Å². The lowest BCUT2D eigenvalue weighted by Gasteiger charge is -2.27. The summed E-state index contributed by atoms with van der Waals surface area (Å²) >= 11 is 1.98. The van der Waals surface area contributed by atoms with Gasteiger partial charge in [0.1, 0.15) is 5.82 Å². The molecule has 0 saturated carbocycles. The molecule has 1 fully saturated rings. The van der Waals surface area contributed by atoms with Crippen LogP contribution < -0.4 is 15.5 Å². The fourth-order valence-corrected chi connectivity index (χ4v) is 3.43. The number of hydrogen-bond acceptors (Lipinski definition) is 4. The summed E-state index contributed by atoms with van der Waals surface area (Å²) in [6, 6.07) is 11.5. The SMILES string of the molecule is Cc1ccc(NC(=O)NCc2ccnc(N3CCSCC3)c2)cc1. The van der Waals surface area contributed by atoms with Crippen LogP contribution >= 0.6 is 11.8 Å². The van der Waals surface area contributed by atoms with Crippen LogP contribution in [0.5, 0.6) is 0 Å². The Bertz CT molecular complexity index is 684. The Hall–Kier alpha value is -2.21. The van der Waals surface area contributed by atoms with Crippen LogP contribution in [0.15, 0.2) is 42.6 Å². The van der Waals surface area contributed by atoms with Crippen molar-refractivity contribution in [3.05, 3.63) is 53.7 Å². The van der Waals surface area contributed by atoms with Crippen LogP contribution in [0.2, 0.25) is 0 Å². The van der Waals surface area contributed by atoms with Crippen molar-refractivity contribution in [1.29, 1.82) is 0 Å². The Morgan fingerprint density at radius 2 is 1.96 bits per heavy atom. The third-order valence-electron chi connectivity index (χ3n) is 3.91. The van der Waals surface area contributed by atoms with Gasteiger partial charge in [-0.05, 0) is 36.8 Å². The predicted molar refractivity (Wildman–Crippen MR) is 101 cm³/mol. The molecular weight excluding hydrogens is 320 g/mol. The van der Waals surface area contributed by atoms with Crippen molar-refractivity contribution in [2.75, 3.05) is 34.8 Å². The molecule has 3 rings (SSSR count). The van der Waals surface area contributed by atoms with Crippen molar-refractivity contribution in [3.8, 4) is 0 Å². The maximum Gasteiger partial charge on any atom is 0.319 e. The number of nitrogens with zero attached hydrogens (tertiary/aromatic N) is 2. The molecule has 0 bridgehead atoms. The topological polar surface area (TPSA) is 57.3 Å². The van der Waals surface area contributed by atoms with Gasteiger partial charge in [-0.15, -0.1) is 0 Å². The summed E-state index contributed by atoms with van der Waals surface area (Å²) in [5, 5.41) is 5.73. The van der Waals surface area contributed by atoms with E-state index in [0.717, 1.165) is 41.7 Å². The second-order valence-electron chi connectivity index (χ2n) is 5.80. The van der Waals surface area contributed by atoms with E-state index < -0.39 is 0 Å². The molecule has 2 aromatic rings. The predicted octanol–water partition coefficient (Wildman–Crippen LogP) is 3.26. The summed E-state index contributed by atoms with van der Waals surface area (Å²) in [6.07, 6.45) is 1.81. The normalized spacial score (nSPS) is 14.3. The van der Waals surface area contributed by atoms with Gasteiger partial charge < -0.3 is 15.5 Å². The van der Waals surface area contributed by atoms with Gasteiger partial charge in [-0.2, -0.15) is 11.8 Å².